The molecule has 1 saturated heterocycles. The number of pyridine rings is 1. The van der Waals surface area contributed by atoms with Gasteiger partial charge in [-0.2, -0.15) is 0 Å². The Morgan fingerprint density at radius 1 is 1.38 bits per heavy atom. The van der Waals surface area contributed by atoms with Crippen molar-refractivity contribution in [2.24, 2.45) is 0 Å². The minimum absolute atomic E-state index is 0.0936. The van der Waals surface area contributed by atoms with Crippen molar-refractivity contribution >= 4 is 0 Å². The largest absolute Gasteiger partial charge is 0.506 e. The van der Waals surface area contributed by atoms with Gasteiger partial charge in [-0.3, -0.25) is 4.98 Å². The van der Waals surface area contributed by atoms with E-state index in [0.717, 1.165) is 31.5 Å². The summed E-state index contributed by atoms with van der Waals surface area (Å²) in [6.07, 6.45) is 3.89. The maximum Gasteiger partial charge on any atom is 0.141 e. The van der Waals surface area contributed by atoms with Gasteiger partial charge in [0.15, 0.2) is 0 Å². The predicted octanol–water partition coefficient (Wildman–Crippen LogP) is 1.55. The Morgan fingerprint density at radius 2 is 2.05 bits per heavy atom. The number of aliphatic hydroxyl groups is 1. The van der Waals surface area contributed by atoms with Gasteiger partial charge in [-0.25, -0.2) is 0 Å². The van der Waals surface area contributed by atoms with Crippen molar-refractivity contribution in [2.75, 3.05) is 13.1 Å². The minimum Gasteiger partial charge on any atom is -0.506 e. The smallest absolute Gasteiger partial charge is 0.141 e. The summed E-state index contributed by atoms with van der Waals surface area (Å²) in [5.74, 6) is 0.202. The van der Waals surface area contributed by atoms with E-state index in [1.807, 2.05) is 0 Å². The summed E-state index contributed by atoms with van der Waals surface area (Å²) in [6, 6.07) is 1.08. The minimum atomic E-state index is -0.0936. The average molecular weight is 293 g/mol. The van der Waals surface area contributed by atoms with E-state index in [0.29, 0.717) is 29.9 Å². The number of aromatic hydroxyl groups is 1. The van der Waals surface area contributed by atoms with Gasteiger partial charge in [0.1, 0.15) is 5.75 Å². The van der Waals surface area contributed by atoms with Crippen LogP contribution in [0.2, 0.25) is 0 Å². The van der Waals surface area contributed by atoms with E-state index in [1.165, 1.54) is 0 Å². The molecule has 0 spiro atoms. The summed E-state index contributed by atoms with van der Waals surface area (Å²) >= 11 is 0. The lowest BCUT2D eigenvalue weighted by molar-refractivity contribution is 0.160. The summed E-state index contributed by atoms with van der Waals surface area (Å²) in [7, 11) is 0. The van der Waals surface area contributed by atoms with E-state index in [9.17, 15) is 10.2 Å². The van der Waals surface area contributed by atoms with Gasteiger partial charge < -0.3 is 20.4 Å². The Labute approximate surface area is 127 Å². The van der Waals surface area contributed by atoms with Gasteiger partial charge in [-0.05, 0) is 46.7 Å². The number of hydrogen-bond acceptors (Lipinski definition) is 5. The highest BCUT2D eigenvalue weighted by Crippen LogP contribution is 2.24. The lowest BCUT2D eigenvalue weighted by Crippen LogP contribution is -2.44. The van der Waals surface area contributed by atoms with Crippen molar-refractivity contribution in [1.29, 1.82) is 0 Å². The first-order valence-electron chi connectivity index (χ1n) is 7.77. The van der Waals surface area contributed by atoms with Crippen LogP contribution in [0.1, 0.15) is 43.5 Å². The highest BCUT2D eigenvalue weighted by molar-refractivity contribution is 5.40. The SMILES string of the molecule is Cc1ncc(CO)c(CNC2CCN(C(C)C)CC2)c1O. The van der Waals surface area contributed by atoms with Gasteiger partial charge in [0.05, 0.1) is 12.3 Å². The lowest BCUT2D eigenvalue weighted by atomic mass is 10.0. The molecule has 0 amide bonds. The number of piperidine rings is 1. The Balaban J connectivity index is 1.94. The number of hydrogen-bond donors (Lipinski definition) is 3. The number of likely N-dealkylation sites (tertiary alicyclic amines) is 1. The van der Waals surface area contributed by atoms with Gasteiger partial charge in [-0.1, -0.05) is 0 Å². The van der Waals surface area contributed by atoms with Crippen LogP contribution in [0, 0.1) is 6.92 Å². The van der Waals surface area contributed by atoms with Crippen molar-refractivity contribution in [1.82, 2.24) is 15.2 Å². The molecule has 2 heterocycles. The molecule has 21 heavy (non-hydrogen) atoms. The average Bonchev–Trinajstić information content (AvgIpc) is 2.49. The quantitative estimate of drug-likeness (QED) is 0.768. The van der Waals surface area contributed by atoms with Gasteiger partial charge in [0.25, 0.3) is 0 Å². The van der Waals surface area contributed by atoms with Crippen LogP contribution < -0.4 is 5.32 Å². The van der Waals surface area contributed by atoms with Crippen LogP contribution in [0.15, 0.2) is 6.20 Å². The molecule has 1 fully saturated rings. The Morgan fingerprint density at radius 3 is 2.62 bits per heavy atom. The zero-order valence-corrected chi connectivity index (χ0v) is 13.3. The van der Waals surface area contributed by atoms with Crippen molar-refractivity contribution in [3.63, 3.8) is 0 Å². The lowest BCUT2D eigenvalue weighted by Gasteiger charge is -2.35. The van der Waals surface area contributed by atoms with Gasteiger partial charge in [0, 0.05) is 36.0 Å². The monoisotopic (exact) mass is 293 g/mol. The first kappa shape index (κ1) is 16.2. The molecule has 5 heteroatoms. The van der Waals surface area contributed by atoms with Crippen LogP contribution in [0.3, 0.4) is 0 Å². The summed E-state index contributed by atoms with van der Waals surface area (Å²) in [5, 5.41) is 23.0. The highest BCUT2D eigenvalue weighted by atomic mass is 16.3. The van der Waals surface area contributed by atoms with Crippen molar-refractivity contribution in [3.05, 3.63) is 23.0 Å². The van der Waals surface area contributed by atoms with Crippen LogP contribution in [0.5, 0.6) is 5.75 Å². The molecule has 1 aliphatic rings. The molecule has 3 N–H and O–H groups in total. The maximum atomic E-state index is 10.1. The molecule has 0 aliphatic carbocycles. The molecular weight excluding hydrogens is 266 g/mol. The van der Waals surface area contributed by atoms with Crippen LogP contribution >= 0.6 is 0 Å². The zero-order chi connectivity index (χ0) is 15.4. The van der Waals surface area contributed by atoms with Crippen LogP contribution in [0.4, 0.5) is 0 Å². The Bertz CT molecular complexity index is 469. The first-order chi connectivity index (χ1) is 10.0. The van der Waals surface area contributed by atoms with Crippen LogP contribution in [0.25, 0.3) is 0 Å². The van der Waals surface area contributed by atoms with Crippen molar-refractivity contribution < 1.29 is 10.2 Å². The molecule has 0 saturated carbocycles. The molecule has 5 nitrogen and oxygen atoms in total. The van der Waals surface area contributed by atoms with E-state index in [2.05, 4.69) is 29.0 Å². The number of rotatable bonds is 5. The molecule has 0 radical (unpaired) electrons. The van der Waals surface area contributed by atoms with E-state index in [4.69, 9.17) is 0 Å². The fourth-order valence-electron chi connectivity index (χ4n) is 2.88. The number of aryl methyl sites for hydroxylation is 1. The van der Waals surface area contributed by atoms with Gasteiger partial charge in [-0.15, -0.1) is 0 Å². The second-order valence-corrected chi connectivity index (χ2v) is 6.14. The van der Waals surface area contributed by atoms with Crippen LogP contribution in [-0.2, 0) is 13.2 Å². The molecule has 0 bridgehead atoms. The molecule has 1 aromatic heterocycles. The van der Waals surface area contributed by atoms with Crippen molar-refractivity contribution in [3.8, 4) is 5.75 Å². The van der Waals surface area contributed by atoms with Gasteiger partial charge >= 0.3 is 0 Å². The molecule has 0 aromatic carbocycles. The molecule has 0 unspecified atom stereocenters. The Hall–Kier alpha value is -1.17. The fourth-order valence-corrected chi connectivity index (χ4v) is 2.88. The second kappa shape index (κ2) is 7.20. The van der Waals surface area contributed by atoms with Crippen molar-refractivity contribution in [2.45, 2.75) is 58.8 Å². The van der Waals surface area contributed by atoms with E-state index < -0.39 is 0 Å². The third-order valence-corrected chi connectivity index (χ3v) is 4.43. The van der Waals surface area contributed by atoms with Gasteiger partial charge in [0.2, 0.25) is 0 Å². The fraction of sp³-hybridized carbons (Fsp3) is 0.688. The molecule has 0 atom stereocenters. The number of aliphatic hydroxyl groups excluding tert-OH is 1. The highest BCUT2D eigenvalue weighted by Gasteiger charge is 2.21. The van der Waals surface area contributed by atoms with Crippen LogP contribution in [-0.4, -0.2) is 45.3 Å². The molecule has 1 aromatic rings. The third-order valence-electron chi connectivity index (χ3n) is 4.43. The standard InChI is InChI=1S/C16H27N3O2/c1-11(2)19-6-4-14(5-7-19)18-9-15-13(10-20)8-17-12(3)16(15)21/h8,11,14,18,20-21H,4-7,9-10H2,1-3H3. The zero-order valence-electron chi connectivity index (χ0n) is 13.3. The molecule has 118 valence electrons. The second-order valence-electron chi connectivity index (χ2n) is 6.14. The predicted molar refractivity (Wildman–Crippen MR) is 83.1 cm³/mol. The number of aromatic nitrogens is 1. The van der Waals surface area contributed by atoms with E-state index >= 15 is 0 Å². The molecule has 2 rings (SSSR count). The van der Waals surface area contributed by atoms with E-state index in [1.54, 1.807) is 13.1 Å². The maximum absolute atomic E-state index is 10.1. The summed E-state index contributed by atoms with van der Waals surface area (Å²) < 4.78 is 0. The van der Waals surface area contributed by atoms with E-state index in [-0.39, 0.29) is 12.4 Å². The number of nitrogens with one attached hydrogen (secondary N) is 1. The normalized spacial score (nSPS) is 17.6. The first-order valence-corrected chi connectivity index (χ1v) is 7.77. The summed E-state index contributed by atoms with van der Waals surface area (Å²) in [6.45, 7) is 8.97. The molecular formula is C16H27N3O2. The molecule has 1 aliphatic heterocycles. The number of nitrogens with zero attached hydrogens (tertiary/aromatic N) is 2. The summed E-state index contributed by atoms with van der Waals surface area (Å²) in [4.78, 5) is 6.58. The topological polar surface area (TPSA) is 68.6 Å². The Kier molecular flexibility index (Phi) is 5.56. The summed E-state index contributed by atoms with van der Waals surface area (Å²) in [5.41, 5.74) is 2.08. The third kappa shape index (κ3) is 3.93.